The van der Waals surface area contributed by atoms with Gasteiger partial charge in [0.05, 0.1) is 12.5 Å². The van der Waals surface area contributed by atoms with E-state index in [0.717, 1.165) is 30.9 Å². The lowest BCUT2D eigenvalue weighted by Crippen LogP contribution is -2.41. The third kappa shape index (κ3) is 1.74. The number of carbonyl (C=O) groups excluding carboxylic acids is 1. The zero-order valence-electron chi connectivity index (χ0n) is 9.06. The molecule has 2 atom stereocenters. The number of piperidine rings is 1. The van der Waals surface area contributed by atoms with Crippen LogP contribution in [0.25, 0.3) is 0 Å². The highest BCUT2D eigenvalue weighted by atomic mass is 32.1. The van der Waals surface area contributed by atoms with Crippen LogP contribution in [0, 0.1) is 5.92 Å². The second-order valence-corrected chi connectivity index (χ2v) is 5.43. The van der Waals surface area contributed by atoms with E-state index >= 15 is 0 Å². The Hall–Kier alpha value is -0.940. The summed E-state index contributed by atoms with van der Waals surface area (Å²) in [7, 11) is 0. The Labute approximate surface area is 98.7 Å². The van der Waals surface area contributed by atoms with E-state index in [4.69, 9.17) is 0 Å². The summed E-state index contributed by atoms with van der Waals surface area (Å²) in [6.07, 6.45) is 3.97. The first-order chi connectivity index (χ1) is 7.84. The molecule has 3 rings (SSSR count). The van der Waals surface area contributed by atoms with Gasteiger partial charge in [0.25, 0.3) is 0 Å². The second-order valence-electron chi connectivity index (χ2n) is 4.45. The number of aromatic nitrogens is 1. The van der Waals surface area contributed by atoms with Crippen molar-refractivity contribution in [3.05, 3.63) is 16.6 Å². The largest absolute Gasteiger partial charge is 0.334 e. The maximum absolute atomic E-state index is 12.1. The Morgan fingerprint density at radius 2 is 2.56 bits per heavy atom. The fraction of sp³-hybridized carbons (Fsp3) is 0.636. The van der Waals surface area contributed by atoms with E-state index in [-0.39, 0.29) is 5.92 Å². The second kappa shape index (κ2) is 4.14. The molecular weight excluding hydrogens is 222 g/mol. The van der Waals surface area contributed by atoms with Crippen molar-refractivity contribution in [2.24, 2.45) is 5.92 Å². The van der Waals surface area contributed by atoms with Crippen molar-refractivity contribution in [3.63, 3.8) is 0 Å². The standard InChI is InChI=1S/C11H15N3OS/c15-11-8-2-1-3-12-9(8)6-14(11)7-10-13-4-5-16-10/h4-5,8-9,12H,1-3,6-7H2. The molecule has 1 N–H and O–H groups in total. The van der Waals surface area contributed by atoms with Crippen molar-refractivity contribution in [1.29, 1.82) is 0 Å². The minimum absolute atomic E-state index is 0.216. The number of hydrogen-bond acceptors (Lipinski definition) is 4. The lowest BCUT2D eigenvalue weighted by molar-refractivity contribution is -0.131. The molecule has 2 aliphatic heterocycles. The molecule has 2 saturated heterocycles. The number of rotatable bonds is 2. The van der Waals surface area contributed by atoms with Gasteiger partial charge in [-0.2, -0.15) is 0 Å². The summed E-state index contributed by atoms with van der Waals surface area (Å²) in [4.78, 5) is 18.3. The van der Waals surface area contributed by atoms with Gasteiger partial charge in [-0.15, -0.1) is 11.3 Å². The normalized spacial score (nSPS) is 29.5. The van der Waals surface area contributed by atoms with E-state index in [1.54, 1.807) is 17.5 Å². The van der Waals surface area contributed by atoms with Crippen molar-refractivity contribution < 1.29 is 4.79 Å². The number of nitrogens with zero attached hydrogens (tertiary/aromatic N) is 2. The third-order valence-electron chi connectivity index (χ3n) is 3.44. The van der Waals surface area contributed by atoms with Crippen LogP contribution in [-0.4, -0.2) is 34.9 Å². The van der Waals surface area contributed by atoms with Gasteiger partial charge in [-0.25, -0.2) is 4.98 Å². The van der Waals surface area contributed by atoms with Crippen LogP contribution in [0.2, 0.25) is 0 Å². The molecule has 1 aromatic heterocycles. The van der Waals surface area contributed by atoms with Crippen molar-refractivity contribution >= 4 is 17.2 Å². The molecule has 86 valence electrons. The highest BCUT2D eigenvalue weighted by molar-refractivity contribution is 7.09. The summed E-state index contributed by atoms with van der Waals surface area (Å²) >= 11 is 1.62. The molecule has 1 amide bonds. The predicted octanol–water partition coefficient (Wildman–Crippen LogP) is 0.853. The topological polar surface area (TPSA) is 45.2 Å². The fourth-order valence-corrected chi connectivity index (χ4v) is 3.27. The average Bonchev–Trinajstić information content (AvgIpc) is 2.90. The Morgan fingerprint density at radius 3 is 3.31 bits per heavy atom. The number of carbonyl (C=O) groups is 1. The monoisotopic (exact) mass is 237 g/mol. The van der Waals surface area contributed by atoms with Gasteiger partial charge in [-0.1, -0.05) is 0 Å². The van der Waals surface area contributed by atoms with E-state index in [0.29, 0.717) is 18.5 Å². The first-order valence-electron chi connectivity index (χ1n) is 5.75. The Bertz CT molecular complexity index is 379. The highest BCUT2D eigenvalue weighted by Gasteiger charge is 2.41. The van der Waals surface area contributed by atoms with E-state index < -0.39 is 0 Å². The molecule has 1 aromatic rings. The van der Waals surface area contributed by atoms with Gasteiger partial charge in [-0.3, -0.25) is 4.79 Å². The van der Waals surface area contributed by atoms with Crippen LogP contribution >= 0.6 is 11.3 Å². The molecule has 2 aliphatic rings. The van der Waals surface area contributed by atoms with Crippen LogP contribution in [0.15, 0.2) is 11.6 Å². The maximum Gasteiger partial charge on any atom is 0.227 e. The van der Waals surface area contributed by atoms with Gasteiger partial charge in [0.2, 0.25) is 5.91 Å². The van der Waals surface area contributed by atoms with Gasteiger partial charge < -0.3 is 10.2 Å². The van der Waals surface area contributed by atoms with E-state index in [1.165, 1.54) is 0 Å². The SMILES string of the molecule is O=C1C2CCCNC2CN1Cc1nccs1. The summed E-state index contributed by atoms with van der Waals surface area (Å²) < 4.78 is 0. The summed E-state index contributed by atoms with van der Waals surface area (Å²) in [5.41, 5.74) is 0. The highest BCUT2D eigenvalue weighted by Crippen LogP contribution is 2.27. The molecule has 5 heteroatoms. The Balaban J connectivity index is 1.71. The third-order valence-corrected chi connectivity index (χ3v) is 4.20. The minimum Gasteiger partial charge on any atom is -0.334 e. The number of amides is 1. The van der Waals surface area contributed by atoms with E-state index in [2.05, 4.69) is 10.3 Å². The fourth-order valence-electron chi connectivity index (χ4n) is 2.64. The molecule has 16 heavy (non-hydrogen) atoms. The van der Waals surface area contributed by atoms with Crippen LogP contribution in [0.4, 0.5) is 0 Å². The van der Waals surface area contributed by atoms with Crippen LogP contribution < -0.4 is 5.32 Å². The van der Waals surface area contributed by atoms with Crippen molar-refractivity contribution in [2.75, 3.05) is 13.1 Å². The first kappa shape index (κ1) is 10.2. The molecule has 0 bridgehead atoms. The molecule has 2 unspecified atom stereocenters. The van der Waals surface area contributed by atoms with Crippen LogP contribution in [0.1, 0.15) is 17.8 Å². The summed E-state index contributed by atoms with van der Waals surface area (Å²) in [5.74, 6) is 0.529. The molecule has 0 aromatic carbocycles. The first-order valence-corrected chi connectivity index (χ1v) is 6.63. The molecule has 0 radical (unpaired) electrons. The van der Waals surface area contributed by atoms with Crippen molar-refractivity contribution in [2.45, 2.75) is 25.4 Å². The van der Waals surface area contributed by atoms with Crippen molar-refractivity contribution in [1.82, 2.24) is 15.2 Å². The maximum atomic E-state index is 12.1. The van der Waals surface area contributed by atoms with Gasteiger partial charge in [0.15, 0.2) is 0 Å². The predicted molar refractivity (Wildman–Crippen MR) is 62.0 cm³/mol. The van der Waals surface area contributed by atoms with Crippen LogP contribution in [-0.2, 0) is 11.3 Å². The lowest BCUT2D eigenvalue weighted by atomic mass is 9.94. The molecule has 2 fully saturated rings. The van der Waals surface area contributed by atoms with Crippen molar-refractivity contribution in [3.8, 4) is 0 Å². The van der Waals surface area contributed by atoms with Gasteiger partial charge in [-0.05, 0) is 19.4 Å². The summed E-state index contributed by atoms with van der Waals surface area (Å²) in [5, 5.41) is 6.44. The number of hydrogen-bond donors (Lipinski definition) is 1. The smallest absolute Gasteiger partial charge is 0.227 e. The average molecular weight is 237 g/mol. The van der Waals surface area contributed by atoms with E-state index in [9.17, 15) is 4.79 Å². The molecule has 0 spiro atoms. The quantitative estimate of drug-likeness (QED) is 0.829. The number of likely N-dealkylation sites (tertiary alicyclic amines) is 1. The van der Waals surface area contributed by atoms with Crippen LogP contribution in [0.3, 0.4) is 0 Å². The number of nitrogens with one attached hydrogen (secondary N) is 1. The lowest BCUT2D eigenvalue weighted by Gasteiger charge is -2.23. The number of fused-ring (bicyclic) bond motifs is 1. The summed E-state index contributed by atoms with van der Waals surface area (Å²) in [6, 6.07) is 0.376. The Morgan fingerprint density at radius 1 is 1.62 bits per heavy atom. The molecule has 3 heterocycles. The molecule has 4 nitrogen and oxygen atoms in total. The molecule has 0 aliphatic carbocycles. The van der Waals surface area contributed by atoms with E-state index in [1.807, 2.05) is 10.3 Å². The number of thiazole rings is 1. The minimum atomic E-state index is 0.216. The zero-order valence-corrected chi connectivity index (χ0v) is 9.87. The van der Waals surface area contributed by atoms with Gasteiger partial charge >= 0.3 is 0 Å². The Kier molecular flexibility index (Phi) is 2.65. The van der Waals surface area contributed by atoms with Crippen LogP contribution in [0.5, 0.6) is 0 Å². The van der Waals surface area contributed by atoms with Gasteiger partial charge in [0, 0.05) is 24.2 Å². The van der Waals surface area contributed by atoms with Gasteiger partial charge in [0.1, 0.15) is 5.01 Å². The molecular formula is C11H15N3OS. The summed E-state index contributed by atoms with van der Waals surface area (Å²) in [6.45, 7) is 2.59. The zero-order chi connectivity index (χ0) is 11.0. The molecule has 0 saturated carbocycles.